The lowest BCUT2D eigenvalue weighted by molar-refractivity contribution is 0.0290. The molecule has 0 spiro atoms. The Labute approximate surface area is 229 Å². The molecule has 0 saturated carbocycles. The Balaban J connectivity index is 1.35. The SMILES string of the molecule is CSc1ccc(F)cc1[C@H]1C[C@H](F)CN1c1ccc2ncc(C(=O)NC3CCN(C(=O)OC(C)(C)C)C3)n2n1. The number of fused-ring (bicyclic) bond motifs is 1. The van der Waals surface area contributed by atoms with Crippen LogP contribution in [0.25, 0.3) is 5.65 Å². The number of likely N-dealkylation sites (tertiary alicyclic amines) is 1. The minimum absolute atomic E-state index is 0.103. The third kappa shape index (κ3) is 5.80. The first-order chi connectivity index (χ1) is 18.5. The molecule has 2 aliphatic heterocycles. The molecule has 1 unspecified atom stereocenters. The molecule has 5 rings (SSSR count). The summed E-state index contributed by atoms with van der Waals surface area (Å²) >= 11 is 1.48. The second-order valence-corrected chi connectivity index (χ2v) is 11.7. The van der Waals surface area contributed by atoms with E-state index in [2.05, 4.69) is 15.4 Å². The monoisotopic (exact) mass is 558 g/mol. The highest BCUT2D eigenvalue weighted by Gasteiger charge is 2.36. The van der Waals surface area contributed by atoms with Crippen LogP contribution in [-0.4, -0.2) is 75.2 Å². The van der Waals surface area contributed by atoms with E-state index < -0.39 is 23.9 Å². The number of thioether (sulfide) groups is 1. The molecule has 1 aromatic carbocycles. The van der Waals surface area contributed by atoms with Gasteiger partial charge in [-0.1, -0.05) is 0 Å². The van der Waals surface area contributed by atoms with Gasteiger partial charge in [-0.25, -0.2) is 23.1 Å². The van der Waals surface area contributed by atoms with E-state index >= 15 is 0 Å². The van der Waals surface area contributed by atoms with Crippen LogP contribution in [-0.2, 0) is 4.74 Å². The Kier molecular flexibility index (Phi) is 7.41. The maximum absolute atomic E-state index is 14.7. The summed E-state index contributed by atoms with van der Waals surface area (Å²) in [5.74, 6) is -0.286. The second-order valence-electron chi connectivity index (χ2n) is 10.9. The minimum Gasteiger partial charge on any atom is -0.444 e. The molecule has 2 aromatic heterocycles. The van der Waals surface area contributed by atoms with Crippen molar-refractivity contribution in [2.45, 2.75) is 62.4 Å². The van der Waals surface area contributed by atoms with Crippen molar-refractivity contribution < 1.29 is 23.1 Å². The molecule has 1 N–H and O–H groups in total. The molecule has 2 fully saturated rings. The van der Waals surface area contributed by atoms with Crippen molar-refractivity contribution in [3.63, 3.8) is 0 Å². The molecular formula is C27H32F2N6O3S. The van der Waals surface area contributed by atoms with E-state index in [1.807, 2.05) is 31.9 Å². The fourth-order valence-corrected chi connectivity index (χ4v) is 5.73. The number of alkyl halides is 1. The summed E-state index contributed by atoms with van der Waals surface area (Å²) in [4.78, 5) is 34.2. The van der Waals surface area contributed by atoms with Gasteiger partial charge in [0.1, 0.15) is 23.4 Å². The first kappa shape index (κ1) is 27.2. The number of ether oxygens (including phenoxy) is 1. The van der Waals surface area contributed by atoms with Crippen LogP contribution in [0.2, 0.25) is 0 Å². The van der Waals surface area contributed by atoms with E-state index in [0.717, 1.165) is 4.90 Å². The summed E-state index contributed by atoms with van der Waals surface area (Å²) in [7, 11) is 0. The normalized spacial score (nSPS) is 21.5. The molecule has 2 amide bonds. The average Bonchev–Trinajstić information content (AvgIpc) is 3.60. The molecule has 2 saturated heterocycles. The quantitative estimate of drug-likeness (QED) is 0.457. The largest absolute Gasteiger partial charge is 0.444 e. The van der Waals surface area contributed by atoms with Crippen LogP contribution in [0, 0.1) is 5.82 Å². The zero-order valence-corrected chi connectivity index (χ0v) is 23.2. The van der Waals surface area contributed by atoms with Crippen molar-refractivity contribution >= 4 is 35.2 Å². The van der Waals surface area contributed by atoms with Gasteiger partial charge in [0, 0.05) is 30.4 Å². The Morgan fingerprint density at radius 1 is 1.18 bits per heavy atom. The Morgan fingerprint density at radius 3 is 2.72 bits per heavy atom. The maximum atomic E-state index is 14.7. The van der Waals surface area contributed by atoms with E-state index in [0.29, 0.717) is 36.5 Å². The van der Waals surface area contributed by atoms with Gasteiger partial charge >= 0.3 is 6.09 Å². The van der Waals surface area contributed by atoms with E-state index in [4.69, 9.17) is 4.74 Å². The third-order valence-electron chi connectivity index (χ3n) is 6.85. The van der Waals surface area contributed by atoms with Gasteiger partial charge in [0.2, 0.25) is 0 Å². The standard InChI is InChI=1S/C27H32F2N6O3S/c1-27(2,3)38-26(37)33-10-9-18(15-33)31-25(36)21-13-30-23-7-8-24(32-35(21)23)34-14-17(29)12-20(34)19-11-16(28)5-6-22(19)39-4/h5-8,11,13,17-18,20H,9-10,12,14-15H2,1-4H3,(H,31,36)/t17-,18?,20+/m0/s1. The zero-order valence-electron chi connectivity index (χ0n) is 22.4. The lowest BCUT2D eigenvalue weighted by atomic mass is 10.0. The number of benzene rings is 1. The molecule has 39 heavy (non-hydrogen) atoms. The van der Waals surface area contributed by atoms with Crippen molar-refractivity contribution in [2.24, 2.45) is 0 Å². The van der Waals surface area contributed by atoms with Crippen molar-refractivity contribution in [3.05, 3.63) is 53.6 Å². The number of anilines is 1. The molecule has 3 aromatic rings. The molecule has 0 bridgehead atoms. The summed E-state index contributed by atoms with van der Waals surface area (Å²) < 4.78 is 35.7. The number of nitrogens with zero attached hydrogens (tertiary/aromatic N) is 5. The number of imidazole rings is 1. The van der Waals surface area contributed by atoms with Crippen molar-refractivity contribution in [1.82, 2.24) is 24.8 Å². The zero-order chi connectivity index (χ0) is 27.9. The topological polar surface area (TPSA) is 92.1 Å². The Hall–Kier alpha value is -3.41. The first-order valence-electron chi connectivity index (χ1n) is 12.9. The van der Waals surface area contributed by atoms with Gasteiger partial charge in [-0.05, 0) is 69.3 Å². The van der Waals surface area contributed by atoms with E-state index in [1.54, 1.807) is 23.1 Å². The maximum Gasteiger partial charge on any atom is 0.410 e. The fourth-order valence-electron chi connectivity index (χ4n) is 5.10. The predicted molar refractivity (Wildman–Crippen MR) is 144 cm³/mol. The first-order valence-corrected chi connectivity index (χ1v) is 14.1. The minimum atomic E-state index is -1.11. The molecular weight excluding hydrogens is 526 g/mol. The Morgan fingerprint density at radius 2 is 1.97 bits per heavy atom. The number of hydrogen-bond donors (Lipinski definition) is 1. The van der Waals surface area contributed by atoms with E-state index in [9.17, 15) is 18.4 Å². The smallest absolute Gasteiger partial charge is 0.410 e. The van der Waals surface area contributed by atoms with E-state index in [1.165, 1.54) is 34.6 Å². The number of hydrogen-bond acceptors (Lipinski definition) is 7. The summed E-state index contributed by atoms with van der Waals surface area (Å²) in [5.41, 5.74) is 0.809. The molecule has 2 aliphatic rings. The molecule has 0 radical (unpaired) electrons. The number of carbonyl (C=O) groups is 2. The molecule has 208 valence electrons. The van der Waals surface area contributed by atoms with Crippen LogP contribution in [0.15, 0.2) is 41.4 Å². The van der Waals surface area contributed by atoms with Crippen LogP contribution in [0.1, 0.15) is 55.7 Å². The number of aromatic nitrogens is 3. The summed E-state index contributed by atoms with van der Waals surface area (Å²) in [6.45, 7) is 6.35. The average molecular weight is 559 g/mol. The van der Waals surface area contributed by atoms with Gasteiger partial charge in [-0.15, -0.1) is 16.9 Å². The van der Waals surface area contributed by atoms with Crippen LogP contribution < -0.4 is 10.2 Å². The molecule has 4 heterocycles. The molecule has 0 aliphatic carbocycles. The predicted octanol–water partition coefficient (Wildman–Crippen LogP) is 4.62. The highest BCUT2D eigenvalue weighted by atomic mass is 32.2. The highest BCUT2D eigenvalue weighted by molar-refractivity contribution is 7.98. The summed E-state index contributed by atoms with van der Waals surface area (Å²) in [6.07, 6.45) is 2.64. The number of rotatable bonds is 5. The number of halogens is 2. The van der Waals surface area contributed by atoms with Crippen LogP contribution >= 0.6 is 11.8 Å². The highest BCUT2D eigenvalue weighted by Crippen LogP contribution is 2.40. The van der Waals surface area contributed by atoms with Gasteiger partial charge in [0.15, 0.2) is 11.3 Å². The van der Waals surface area contributed by atoms with Crippen LogP contribution in [0.5, 0.6) is 0 Å². The number of nitrogens with one attached hydrogen (secondary N) is 1. The summed E-state index contributed by atoms with van der Waals surface area (Å²) in [5, 5.41) is 7.62. The van der Waals surface area contributed by atoms with E-state index in [-0.39, 0.29) is 36.4 Å². The second kappa shape index (κ2) is 10.6. The lowest BCUT2D eigenvalue weighted by Crippen LogP contribution is -2.40. The van der Waals surface area contributed by atoms with Gasteiger partial charge in [0.05, 0.1) is 18.8 Å². The number of amides is 2. The molecule has 9 nitrogen and oxygen atoms in total. The summed E-state index contributed by atoms with van der Waals surface area (Å²) in [6, 6.07) is 7.39. The van der Waals surface area contributed by atoms with Gasteiger partial charge in [-0.3, -0.25) is 4.79 Å². The molecule has 3 atom stereocenters. The van der Waals surface area contributed by atoms with Gasteiger partial charge < -0.3 is 19.9 Å². The van der Waals surface area contributed by atoms with Crippen molar-refractivity contribution in [3.8, 4) is 0 Å². The van der Waals surface area contributed by atoms with Crippen molar-refractivity contribution in [1.29, 1.82) is 0 Å². The van der Waals surface area contributed by atoms with Crippen LogP contribution in [0.4, 0.5) is 19.4 Å². The van der Waals surface area contributed by atoms with Crippen molar-refractivity contribution in [2.75, 3.05) is 30.8 Å². The van der Waals surface area contributed by atoms with Gasteiger partial charge in [-0.2, -0.15) is 0 Å². The number of carbonyl (C=O) groups excluding carboxylic acids is 2. The third-order valence-corrected chi connectivity index (χ3v) is 7.66. The molecule has 12 heteroatoms. The van der Waals surface area contributed by atoms with Gasteiger partial charge in [0.25, 0.3) is 5.91 Å². The Bertz CT molecular complexity index is 1390. The lowest BCUT2D eigenvalue weighted by Gasteiger charge is -2.27. The van der Waals surface area contributed by atoms with Crippen LogP contribution in [0.3, 0.4) is 0 Å². The fraction of sp³-hybridized carbons (Fsp3) is 0.481.